The van der Waals surface area contributed by atoms with Crippen LogP contribution >= 0.6 is 27.5 Å². The minimum Gasteiger partial charge on any atom is -0.506 e. The fraction of sp³-hybridized carbons (Fsp3) is 0.0714. The Morgan fingerprint density at radius 3 is 2.63 bits per heavy atom. The van der Waals surface area contributed by atoms with E-state index < -0.39 is 0 Å². The standard InChI is InChI=1S/C14H11BrClNO2/c1-8-6-10(15)3-4-12(8)17-14(19)9-2-5-13(18)11(16)7-9/h2-7,18H,1H3,(H,17,19). The molecule has 2 aromatic rings. The summed E-state index contributed by atoms with van der Waals surface area (Å²) in [6.45, 7) is 1.91. The Hall–Kier alpha value is -1.52. The van der Waals surface area contributed by atoms with Crippen molar-refractivity contribution in [2.75, 3.05) is 5.32 Å². The fourth-order valence-corrected chi connectivity index (χ4v) is 2.27. The molecule has 1 amide bonds. The first kappa shape index (κ1) is 13.9. The quantitative estimate of drug-likeness (QED) is 0.853. The first-order chi connectivity index (χ1) is 8.97. The van der Waals surface area contributed by atoms with Crippen LogP contribution in [0.2, 0.25) is 5.02 Å². The molecule has 0 radical (unpaired) electrons. The van der Waals surface area contributed by atoms with Crippen molar-refractivity contribution in [3.63, 3.8) is 0 Å². The van der Waals surface area contributed by atoms with Crippen LogP contribution in [0.25, 0.3) is 0 Å². The second-order valence-electron chi connectivity index (χ2n) is 4.08. The third-order valence-electron chi connectivity index (χ3n) is 2.65. The van der Waals surface area contributed by atoms with Gasteiger partial charge in [0, 0.05) is 15.7 Å². The predicted octanol–water partition coefficient (Wildman–Crippen LogP) is 4.37. The second kappa shape index (κ2) is 5.63. The van der Waals surface area contributed by atoms with Crippen LogP contribution in [0.1, 0.15) is 15.9 Å². The third-order valence-corrected chi connectivity index (χ3v) is 3.44. The Kier molecular flexibility index (Phi) is 4.12. The molecule has 3 nitrogen and oxygen atoms in total. The molecule has 0 aliphatic carbocycles. The molecule has 0 aromatic heterocycles. The molecule has 0 bridgehead atoms. The number of benzene rings is 2. The van der Waals surface area contributed by atoms with Crippen molar-refractivity contribution in [1.29, 1.82) is 0 Å². The zero-order valence-corrected chi connectivity index (χ0v) is 12.4. The molecule has 2 N–H and O–H groups in total. The number of phenolic OH excluding ortho intramolecular Hbond substituents is 1. The number of hydrogen-bond donors (Lipinski definition) is 2. The monoisotopic (exact) mass is 339 g/mol. The molecule has 98 valence electrons. The molecule has 0 heterocycles. The van der Waals surface area contributed by atoms with Gasteiger partial charge < -0.3 is 10.4 Å². The van der Waals surface area contributed by atoms with Crippen LogP contribution in [-0.4, -0.2) is 11.0 Å². The molecule has 2 aromatic carbocycles. The van der Waals surface area contributed by atoms with E-state index in [1.165, 1.54) is 18.2 Å². The Balaban J connectivity index is 2.23. The predicted molar refractivity (Wildman–Crippen MR) is 79.9 cm³/mol. The molecule has 19 heavy (non-hydrogen) atoms. The van der Waals surface area contributed by atoms with Crippen molar-refractivity contribution in [2.24, 2.45) is 0 Å². The van der Waals surface area contributed by atoms with E-state index in [0.717, 1.165) is 15.7 Å². The van der Waals surface area contributed by atoms with Gasteiger partial charge in [-0.1, -0.05) is 27.5 Å². The number of hydrogen-bond acceptors (Lipinski definition) is 2. The van der Waals surface area contributed by atoms with Gasteiger partial charge in [-0.15, -0.1) is 0 Å². The maximum absolute atomic E-state index is 12.1. The number of halogens is 2. The lowest BCUT2D eigenvalue weighted by Gasteiger charge is -2.09. The highest BCUT2D eigenvalue weighted by Gasteiger charge is 2.10. The highest BCUT2D eigenvalue weighted by Crippen LogP contribution is 2.25. The molecule has 2 rings (SSSR count). The number of carbonyl (C=O) groups is 1. The van der Waals surface area contributed by atoms with Crippen LogP contribution in [0, 0.1) is 6.92 Å². The van der Waals surface area contributed by atoms with Crippen LogP contribution in [-0.2, 0) is 0 Å². The maximum Gasteiger partial charge on any atom is 0.255 e. The maximum atomic E-state index is 12.1. The lowest BCUT2D eigenvalue weighted by atomic mass is 10.1. The number of rotatable bonds is 2. The van der Waals surface area contributed by atoms with Crippen molar-refractivity contribution in [3.8, 4) is 5.75 Å². The third kappa shape index (κ3) is 3.28. The van der Waals surface area contributed by atoms with Gasteiger partial charge in [0.05, 0.1) is 5.02 Å². The molecule has 0 unspecified atom stereocenters. The Labute approximate surface area is 124 Å². The molecule has 0 aliphatic rings. The number of amides is 1. The summed E-state index contributed by atoms with van der Waals surface area (Å²) < 4.78 is 0.954. The summed E-state index contributed by atoms with van der Waals surface area (Å²) in [7, 11) is 0. The first-order valence-corrected chi connectivity index (χ1v) is 6.70. The van der Waals surface area contributed by atoms with E-state index >= 15 is 0 Å². The molecule has 0 aliphatic heterocycles. The Bertz CT molecular complexity index is 643. The SMILES string of the molecule is Cc1cc(Br)ccc1NC(=O)c1ccc(O)c(Cl)c1. The van der Waals surface area contributed by atoms with Gasteiger partial charge in [0.1, 0.15) is 5.75 Å². The highest BCUT2D eigenvalue weighted by atomic mass is 79.9. The molecule has 0 fully saturated rings. The highest BCUT2D eigenvalue weighted by molar-refractivity contribution is 9.10. The van der Waals surface area contributed by atoms with Gasteiger partial charge in [-0.2, -0.15) is 0 Å². The summed E-state index contributed by atoms with van der Waals surface area (Å²) in [6, 6.07) is 9.93. The van der Waals surface area contributed by atoms with E-state index in [1.54, 1.807) is 0 Å². The summed E-state index contributed by atoms with van der Waals surface area (Å²) in [5.41, 5.74) is 2.08. The van der Waals surface area contributed by atoms with Crippen molar-refractivity contribution >= 4 is 39.1 Å². The normalized spacial score (nSPS) is 10.3. The van der Waals surface area contributed by atoms with Crippen LogP contribution < -0.4 is 5.32 Å². The average Bonchev–Trinajstić information content (AvgIpc) is 2.36. The van der Waals surface area contributed by atoms with Gasteiger partial charge in [-0.05, 0) is 48.9 Å². The van der Waals surface area contributed by atoms with E-state index in [2.05, 4.69) is 21.2 Å². The molecular weight excluding hydrogens is 330 g/mol. The van der Waals surface area contributed by atoms with Gasteiger partial charge in [0.25, 0.3) is 5.91 Å². The van der Waals surface area contributed by atoms with Crippen LogP contribution in [0.15, 0.2) is 40.9 Å². The van der Waals surface area contributed by atoms with E-state index in [1.807, 2.05) is 25.1 Å². The number of aromatic hydroxyl groups is 1. The second-order valence-corrected chi connectivity index (χ2v) is 5.40. The van der Waals surface area contributed by atoms with E-state index in [4.69, 9.17) is 11.6 Å². The van der Waals surface area contributed by atoms with Crippen LogP contribution in [0.5, 0.6) is 5.75 Å². The van der Waals surface area contributed by atoms with Gasteiger partial charge in [0.2, 0.25) is 0 Å². The number of carbonyl (C=O) groups excluding carboxylic acids is 1. The molecule has 0 saturated heterocycles. The summed E-state index contributed by atoms with van der Waals surface area (Å²) in [5.74, 6) is -0.314. The van der Waals surface area contributed by atoms with Crippen molar-refractivity contribution in [2.45, 2.75) is 6.92 Å². The van der Waals surface area contributed by atoms with E-state index in [9.17, 15) is 9.90 Å². The number of phenols is 1. The van der Waals surface area contributed by atoms with Crippen LogP contribution in [0.4, 0.5) is 5.69 Å². The zero-order valence-electron chi connectivity index (χ0n) is 10.1. The van der Waals surface area contributed by atoms with Gasteiger partial charge in [-0.25, -0.2) is 0 Å². The number of aryl methyl sites for hydroxylation is 1. The van der Waals surface area contributed by atoms with Gasteiger partial charge in [0.15, 0.2) is 0 Å². The minimum atomic E-state index is -0.271. The molecular formula is C14H11BrClNO2. The first-order valence-electron chi connectivity index (χ1n) is 5.53. The lowest BCUT2D eigenvalue weighted by molar-refractivity contribution is 0.102. The number of nitrogens with one attached hydrogen (secondary N) is 1. The zero-order chi connectivity index (χ0) is 14.0. The molecule has 0 saturated carbocycles. The summed E-state index contributed by atoms with van der Waals surface area (Å²) >= 11 is 9.14. The largest absolute Gasteiger partial charge is 0.506 e. The van der Waals surface area contributed by atoms with Crippen LogP contribution in [0.3, 0.4) is 0 Å². The fourth-order valence-electron chi connectivity index (χ4n) is 1.61. The van der Waals surface area contributed by atoms with E-state index in [0.29, 0.717) is 5.56 Å². The molecule has 0 atom stereocenters. The smallest absolute Gasteiger partial charge is 0.255 e. The van der Waals surface area contributed by atoms with Gasteiger partial charge in [-0.3, -0.25) is 4.79 Å². The van der Waals surface area contributed by atoms with E-state index in [-0.39, 0.29) is 16.7 Å². The van der Waals surface area contributed by atoms with Gasteiger partial charge >= 0.3 is 0 Å². The summed E-state index contributed by atoms with van der Waals surface area (Å²) in [5, 5.41) is 12.3. The van der Waals surface area contributed by atoms with Crippen molar-refractivity contribution in [3.05, 3.63) is 57.0 Å². The molecule has 0 spiro atoms. The van der Waals surface area contributed by atoms with Crippen molar-refractivity contribution in [1.82, 2.24) is 0 Å². The van der Waals surface area contributed by atoms with Crippen molar-refractivity contribution < 1.29 is 9.90 Å². The Morgan fingerprint density at radius 1 is 1.26 bits per heavy atom. The Morgan fingerprint density at radius 2 is 2.00 bits per heavy atom. The average molecular weight is 341 g/mol. The number of anilines is 1. The summed E-state index contributed by atoms with van der Waals surface area (Å²) in [6.07, 6.45) is 0. The lowest BCUT2D eigenvalue weighted by Crippen LogP contribution is -2.12. The topological polar surface area (TPSA) is 49.3 Å². The molecule has 5 heteroatoms. The minimum absolute atomic E-state index is 0.0435. The summed E-state index contributed by atoms with van der Waals surface area (Å²) in [4.78, 5) is 12.1.